The monoisotopic (exact) mass is 437 g/mol. The van der Waals surface area contributed by atoms with Gasteiger partial charge < -0.3 is 15.0 Å². The number of primary amides is 1. The Labute approximate surface area is 180 Å². The zero-order valence-electron chi connectivity index (χ0n) is 16.0. The van der Waals surface area contributed by atoms with Crippen molar-refractivity contribution in [1.29, 1.82) is 0 Å². The van der Waals surface area contributed by atoms with Gasteiger partial charge in [0, 0.05) is 29.9 Å². The first-order chi connectivity index (χ1) is 15.0. The summed E-state index contributed by atoms with van der Waals surface area (Å²) in [6, 6.07) is 13.2. The lowest BCUT2D eigenvalue weighted by molar-refractivity contribution is 0.101. The molecule has 3 heterocycles. The van der Waals surface area contributed by atoms with Crippen LogP contribution >= 0.6 is 11.3 Å². The molecule has 10 heteroatoms. The van der Waals surface area contributed by atoms with E-state index in [1.54, 1.807) is 58.6 Å². The van der Waals surface area contributed by atoms with Crippen LogP contribution < -0.4 is 15.8 Å². The number of ether oxygens (including phenoxy) is 1. The average Bonchev–Trinajstić information content (AvgIpc) is 3.37. The van der Waals surface area contributed by atoms with Gasteiger partial charge in [0.25, 0.3) is 5.91 Å². The Balaban J connectivity index is 1.48. The Morgan fingerprint density at radius 1 is 1.19 bits per heavy atom. The lowest BCUT2D eigenvalue weighted by atomic mass is 10.2. The zero-order chi connectivity index (χ0) is 21.8. The topological polar surface area (TPSA) is 112 Å². The number of amides is 2. The van der Waals surface area contributed by atoms with Crippen molar-refractivity contribution in [3.63, 3.8) is 0 Å². The molecule has 0 fully saturated rings. The summed E-state index contributed by atoms with van der Waals surface area (Å²) in [5.41, 5.74) is 7.45. The van der Waals surface area contributed by atoms with Gasteiger partial charge in [0.05, 0.1) is 5.69 Å². The molecule has 0 bridgehead atoms. The van der Waals surface area contributed by atoms with E-state index in [2.05, 4.69) is 15.3 Å². The average molecular weight is 437 g/mol. The van der Waals surface area contributed by atoms with Gasteiger partial charge in [-0.1, -0.05) is 12.1 Å². The molecule has 0 saturated heterocycles. The molecule has 0 atom stereocenters. The minimum Gasteiger partial charge on any atom is -0.410 e. The number of carbonyl (C=O) groups excluding carboxylic acids is 2. The van der Waals surface area contributed by atoms with Gasteiger partial charge in [-0.25, -0.2) is 14.8 Å². The van der Waals surface area contributed by atoms with Crippen LogP contribution in [0.1, 0.15) is 16.1 Å². The van der Waals surface area contributed by atoms with Gasteiger partial charge in [-0.15, -0.1) is 11.3 Å². The molecule has 31 heavy (non-hydrogen) atoms. The van der Waals surface area contributed by atoms with E-state index in [0.717, 1.165) is 0 Å². The second-order valence-electron chi connectivity index (χ2n) is 6.45. The Morgan fingerprint density at radius 3 is 2.87 bits per heavy atom. The molecule has 4 rings (SSSR count). The highest BCUT2D eigenvalue weighted by Gasteiger charge is 2.14. The first kappa shape index (κ1) is 20.2. The number of pyridine rings is 1. The maximum atomic E-state index is 13.3. The third-order valence-electron chi connectivity index (χ3n) is 4.28. The van der Waals surface area contributed by atoms with Crippen LogP contribution in [0, 0.1) is 5.95 Å². The van der Waals surface area contributed by atoms with E-state index < -0.39 is 12.0 Å². The molecule has 0 spiro atoms. The van der Waals surface area contributed by atoms with E-state index in [0.29, 0.717) is 39.9 Å². The summed E-state index contributed by atoms with van der Waals surface area (Å²) in [4.78, 5) is 31.6. The molecule has 0 aliphatic heterocycles. The van der Waals surface area contributed by atoms with Crippen LogP contribution in [-0.2, 0) is 6.54 Å². The smallest absolute Gasteiger partial charge is 0.409 e. The van der Waals surface area contributed by atoms with Crippen molar-refractivity contribution in [3.8, 4) is 17.0 Å². The predicted molar refractivity (Wildman–Crippen MR) is 113 cm³/mol. The number of carbonyl (C=O) groups is 2. The molecule has 0 aliphatic rings. The predicted octanol–water partition coefficient (Wildman–Crippen LogP) is 3.90. The van der Waals surface area contributed by atoms with Crippen LogP contribution in [0.15, 0.2) is 66.3 Å². The molecular weight excluding hydrogens is 421 g/mol. The largest absolute Gasteiger partial charge is 0.410 e. The molecule has 3 aromatic heterocycles. The van der Waals surface area contributed by atoms with Crippen molar-refractivity contribution < 1.29 is 18.7 Å². The summed E-state index contributed by atoms with van der Waals surface area (Å²) in [6.07, 6.45) is 2.22. The minimum atomic E-state index is -0.902. The molecule has 1 aromatic carbocycles. The van der Waals surface area contributed by atoms with Crippen molar-refractivity contribution in [2.24, 2.45) is 5.73 Å². The number of halogens is 1. The third-order valence-corrected chi connectivity index (χ3v) is 5.04. The molecule has 0 radical (unpaired) electrons. The van der Waals surface area contributed by atoms with Crippen LogP contribution in [-0.4, -0.2) is 26.5 Å². The van der Waals surface area contributed by atoms with Crippen LogP contribution in [0.2, 0.25) is 0 Å². The maximum Gasteiger partial charge on any atom is 0.409 e. The molecule has 8 nitrogen and oxygen atoms in total. The van der Waals surface area contributed by atoms with Crippen molar-refractivity contribution >= 4 is 28.5 Å². The van der Waals surface area contributed by atoms with E-state index in [9.17, 15) is 14.0 Å². The Kier molecular flexibility index (Phi) is 5.72. The number of hydrogen-bond donors (Lipinski definition) is 2. The lowest BCUT2D eigenvalue weighted by Crippen LogP contribution is -2.17. The van der Waals surface area contributed by atoms with Crippen LogP contribution in [0.25, 0.3) is 11.3 Å². The highest BCUT2D eigenvalue weighted by molar-refractivity contribution is 7.14. The summed E-state index contributed by atoms with van der Waals surface area (Å²) in [7, 11) is 0. The van der Waals surface area contributed by atoms with Gasteiger partial charge in [0.15, 0.2) is 5.13 Å². The summed E-state index contributed by atoms with van der Waals surface area (Å²) < 4.78 is 19.9. The van der Waals surface area contributed by atoms with E-state index >= 15 is 0 Å². The van der Waals surface area contributed by atoms with Crippen molar-refractivity contribution in [1.82, 2.24) is 14.5 Å². The quantitative estimate of drug-likeness (QED) is 0.444. The van der Waals surface area contributed by atoms with Gasteiger partial charge in [-0.2, -0.15) is 4.39 Å². The van der Waals surface area contributed by atoms with Crippen molar-refractivity contribution in [2.75, 3.05) is 5.32 Å². The van der Waals surface area contributed by atoms with Crippen molar-refractivity contribution in [2.45, 2.75) is 6.54 Å². The van der Waals surface area contributed by atoms with Gasteiger partial charge in [-0.3, -0.25) is 10.1 Å². The number of benzene rings is 1. The van der Waals surface area contributed by atoms with E-state index in [4.69, 9.17) is 10.5 Å². The number of nitrogens with one attached hydrogen (secondary N) is 1. The summed E-state index contributed by atoms with van der Waals surface area (Å²) in [5.74, 6) is -0.614. The molecule has 2 amide bonds. The van der Waals surface area contributed by atoms with E-state index in [-0.39, 0.29) is 5.91 Å². The normalized spacial score (nSPS) is 10.6. The van der Waals surface area contributed by atoms with E-state index in [1.807, 2.05) is 0 Å². The fraction of sp³-hybridized carbons (Fsp3) is 0.0476. The second-order valence-corrected chi connectivity index (χ2v) is 7.31. The molecule has 156 valence electrons. The number of aromatic nitrogens is 3. The van der Waals surface area contributed by atoms with Crippen LogP contribution in [0.5, 0.6) is 5.75 Å². The summed E-state index contributed by atoms with van der Waals surface area (Å²) in [5, 5.41) is 4.96. The maximum absolute atomic E-state index is 13.3. The van der Waals surface area contributed by atoms with Crippen LogP contribution in [0.4, 0.5) is 14.3 Å². The number of thiazole rings is 1. The SMILES string of the molecule is NC(=O)Oc1cccc(-c2csc(NC(=O)c3cccn3Cc3ccnc(F)c3)n2)c1. The zero-order valence-corrected chi connectivity index (χ0v) is 16.8. The Bertz CT molecular complexity index is 1250. The molecule has 4 aromatic rings. The van der Waals surface area contributed by atoms with Gasteiger partial charge >= 0.3 is 6.09 Å². The molecule has 0 saturated carbocycles. The van der Waals surface area contributed by atoms with E-state index in [1.165, 1.54) is 23.6 Å². The summed E-state index contributed by atoms with van der Waals surface area (Å²) in [6.45, 7) is 0.324. The highest BCUT2D eigenvalue weighted by Crippen LogP contribution is 2.28. The molecule has 0 unspecified atom stereocenters. The standard InChI is InChI=1S/C21H16FN5O3S/c22-18-9-13(6-7-24-18)11-27-8-2-5-17(27)19(28)26-21-25-16(12-31-21)14-3-1-4-15(10-14)30-20(23)29/h1-10,12H,11H2,(H2,23,29)(H,25,26,28). The van der Waals surface area contributed by atoms with Gasteiger partial charge in [-0.05, 0) is 42.0 Å². The van der Waals surface area contributed by atoms with Gasteiger partial charge in [0.1, 0.15) is 11.4 Å². The van der Waals surface area contributed by atoms with Gasteiger partial charge in [0.2, 0.25) is 5.95 Å². The minimum absolute atomic E-state index is 0.300. The molecule has 3 N–H and O–H groups in total. The summed E-state index contributed by atoms with van der Waals surface area (Å²) >= 11 is 1.26. The number of anilines is 1. The fourth-order valence-electron chi connectivity index (χ4n) is 2.96. The first-order valence-electron chi connectivity index (χ1n) is 9.08. The third kappa shape index (κ3) is 4.93. The van der Waals surface area contributed by atoms with Crippen molar-refractivity contribution in [3.05, 3.63) is 83.5 Å². The highest BCUT2D eigenvalue weighted by atomic mass is 32.1. The lowest BCUT2D eigenvalue weighted by Gasteiger charge is -2.09. The number of rotatable bonds is 6. The fourth-order valence-corrected chi connectivity index (χ4v) is 3.67. The Hall–Kier alpha value is -4.05. The first-order valence-corrected chi connectivity index (χ1v) is 9.96. The Morgan fingerprint density at radius 2 is 2.06 bits per heavy atom. The molecule has 0 aliphatic carbocycles. The number of nitrogens with two attached hydrogens (primary N) is 1. The number of hydrogen-bond acceptors (Lipinski definition) is 6. The second kappa shape index (κ2) is 8.76. The molecular formula is C21H16FN5O3S. The number of nitrogens with zero attached hydrogens (tertiary/aromatic N) is 3. The van der Waals surface area contributed by atoms with Crippen LogP contribution in [0.3, 0.4) is 0 Å².